The van der Waals surface area contributed by atoms with E-state index in [-0.39, 0.29) is 11.7 Å². The van der Waals surface area contributed by atoms with Crippen molar-refractivity contribution in [1.29, 1.82) is 0 Å². The molecule has 20 heavy (non-hydrogen) atoms. The molecule has 1 aliphatic heterocycles. The fourth-order valence-electron chi connectivity index (χ4n) is 2.25. The molecule has 1 aromatic carbocycles. The molecule has 1 heterocycles. The Morgan fingerprint density at radius 2 is 2.05 bits per heavy atom. The van der Waals surface area contributed by atoms with Crippen LogP contribution in [0.5, 0.6) is 0 Å². The van der Waals surface area contributed by atoms with Crippen LogP contribution in [0.25, 0.3) is 0 Å². The molecule has 0 saturated carbocycles. The third kappa shape index (κ3) is 3.72. The normalized spacial score (nSPS) is 18.2. The van der Waals surface area contributed by atoms with Gasteiger partial charge in [0, 0.05) is 23.6 Å². The van der Waals surface area contributed by atoms with Crippen LogP contribution in [0.1, 0.15) is 19.3 Å². The summed E-state index contributed by atoms with van der Waals surface area (Å²) < 4.78 is 12.7. The summed E-state index contributed by atoms with van der Waals surface area (Å²) in [5.74, 6) is -0.772. The molecule has 1 atom stereocenters. The molecule has 6 heteroatoms. The van der Waals surface area contributed by atoms with Crippen molar-refractivity contribution in [3.8, 4) is 0 Å². The average molecular weight is 297 g/mol. The predicted octanol–water partition coefficient (Wildman–Crippen LogP) is 2.38. The van der Waals surface area contributed by atoms with Gasteiger partial charge in [-0.1, -0.05) is 0 Å². The van der Waals surface area contributed by atoms with Crippen molar-refractivity contribution in [1.82, 2.24) is 4.90 Å². The molecule has 108 valence electrons. The van der Waals surface area contributed by atoms with Gasteiger partial charge in [-0.25, -0.2) is 9.18 Å². The number of aliphatic carboxylic acids is 1. The molecule has 1 amide bonds. The molecular weight excluding hydrogens is 281 g/mol. The third-order valence-corrected chi connectivity index (χ3v) is 4.27. The third-order valence-electron chi connectivity index (χ3n) is 3.26. The van der Waals surface area contributed by atoms with Crippen LogP contribution >= 0.6 is 11.8 Å². The van der Waals surface area contributed by atoms with Crippen LogP contribution in [-0.4, -0.2) is 40.2 Å². The predicted molar refractivity (Wildman–Crippen MR) is 74.1 cm³/mol. The standard InChI is InChI=1S/C14H16FNO3S/c15-10-3-5-11(6-4-10)20-9-7-13(17)16-8-1-2-12(16)14(18)19/h3-6,12H,1-2,7-9H2,(H,18,19)/t12-/m0/s1. The molecule has 1 fully saturated rings. The fourth-order valence-corrected chi connectivity index (χ4v) is 3.09. The van der Waals surface area contributed by atoms with Crippen molar-refractivity contribution in [3.05, 3.63) is 30.1 Å². The van der Waals surface area contributed by atoms with E-state index in [4.69, 9.17) is 5.11 Å². The number of halogens is 1. The van der Waals surface area contributed by atoms with Crippen LogP contribution in [-0.2, 0) is 9.59 Å². The van der Waals surface area contributed by atoms with Gasteiger partial charge < -0.3 is 10.0 Å². The molecule has 1 aliphatic rings. The number of carboxylic acid groups (broad SMARTS) is 1. The van der Waals surface area contributed by atoms with E-state index in [0.717, 1.165) is 11.3 Å². The van der Waals surface area contributed by atoms with Crippen molar-refractivity contribution >= 4 is 23.6 Å². The monoisotopic (exact) mass is 297 g/mol. The molecule has 0 aromatic heterocycles. The van der Waals surface area contributed by atoms with Crippen LogP contribution in [0.3, 0.4) is 0 Å². The summed E-state index contributed by atoms with van der Waals surface area (Å²) in [6.07, 6.45) is 1.58. The Morgan fingerprint density at radius 1 is 1.35 bits per heavy atom. The highest BCUT2D eigenvalue weighted by molar-refractivity contribution is 7.99. The minimum absolute atomic E-state index is 0.121. The first-order chi connectivity index (χ1) is 9.58. The van der Waals surface area contributed by atoms with E-state index in [2.05, 4.69) is 0 Å². The summed E-state index contributed by atoms with van der Waals surface area (Å²) in [5, 5.41) is 9.03. The number of carboxylic acids is 1. The smallest absolute Gasteiger partial charge is 0.326 e. The molecule has 1 aromatic rings. The van der Waals surface area contributed by atoms with E-state index in [0.29, 0.717) is 25.1 Å². The lowest BCUT2D eigenvalue weighted by Crippen LogP contribution is -2.40. The van der Waals surface area contributed by atoms with Crippen LogP contribution in [0.4, 0.5) is 4.39 Å². The quantitative estimate of drug-likeness (QED) is 0.848. The summed E-state index contributed by atoms with van der Waals surface area (Å²) >= 11 is 1.46. The van der Waals surface area contributed by atoms with Gasteiger partial charge in [0.1, 0.15) is 11.9 Å². The minimum Gasteiger partial charge on any atom is -0.480 e. The van der Waals surface area contributed by atoms with Crippen molar-refractivity contribution < 1.29 is 19.1 Å². The maximum atomic E-state index is 12.7. The Morgan fingerprint density at radius 3 is 2.70 bits per heavy atom. The number of amides is 1. The summed E-state index contributed by atoms with van der Waals surface area (Å²) in [5.41, 5.74) is 0. The highest BCUT2D eigenvalue weighted by Gasteiger charge is 2.33. The number of carbonyl (C=O) groups is 2. The fraction of sp³-hybridized carbons (Fsp3) is 0.429. The summed E-state index contributed by atoms with van der Waals surface area (Å²) in [4.78, 5) is 25.4. The van der Waals surface area contributed by atoms with E-state index in [9.17, 15) is 14.0 Å². The molecule has 0 spiro atoms. The lowest BCUT2D eigenvalue weighted by atomic mass is 10.2. The summed E-state index contributed by atoms with van der Waals surface area (Å²) in [6, 6.07) is 5.43. The van der Waals surface area contributed by atoms with Gasteiger partial charge in [0.15, 0.2) is 0 Å². The number of rotatable bonds is 5. The topological polar surface area (TPSA) is 57.6 Å². The summed E-state index contributed by atoms with van der Waals surface area (Å²) in [7, 11) is 0. The number of likely N-dealkylation sites (tertiary alicyclic amines) is 1. The molecule has 0 unspecified atom stereocenters. The Balaban J connectivity index is 1.80. The van der Waals surface area contributed by atoms with Crippen molar-refractivity contribution in [2.75, 3.05) is 12.3 Å². The second-order valence-corrected chi connectivity index (χ2v) is 5.80. The Hall–Kier alpha value is -1.56. The maximum absolute atomic E-state index is 12.7. The number of hydrogen-bond acceptors (Lipinski definition) is 3. The molecule has 0 radical (unpaired) electrons. The Labute approximate surface area is 121 Å². The van der Waals surface area contributed by atoms with Crippen LogP contribution in [0.2, 0.25) is 0 Å². The number of carbonyl (C=O) groups excluding carboxylic acids is 1. The van der Waals surface area contributed by atoms with Gasteiger partial charge in [0.2, 0.25) is 5.91 Å². The first-order valence-corrected chi connectivity index (χ1v) is 7.47. The van der Waals surface area contributed by atoms with Gasteiger partial charge in [0.25, 0.3) is 0 Å². The van der Waals surface area contributed by atoms with Crippen LogP contribution < -0.4 is 0 Å². The highest BCUT2D eigenvalue weighted by atomic mass is 32.2. The largest absolute Gasteiger partial charge is 0.480 e. The average Bonchev–Trinajstić information content (AvgIpc) is 2.90. The van der Waals surface area contributed by atoms with Crippen LogP contribution in [0.15, 0.2) is 29.2 Å². The second kappa shape index (κ2) is 6.74. The lowest BCUT2D eigenvalue weighted by Gasteiger charge is -2.21. The second-order valence-electron chi connectivity index (χ2n) is 4.64. The van der Waals surface area contributed by atoms with Crippen molar-refractivity contribution in [2.24, 2.45) is 0 Å². The molecule has 1 saturated heterocycles. The van der Waals surface area contributed by atoms with E-state index < -0.39 is 12.0 Å². The lowest BCUT2D eigenvalue weighted by molar-refractivity contribution is -0.148. The van der Waals surface area contributed by atoms with E-state index >= 15 is 0 Å². The number of thioether (sulfide) groups is 1. The SMILES string of the molecule is O=C(O)[C@@H]1CCCN1C(=O)CCSc1ccc(F)cc1. The number of hydrogen-bond donors (Lipinski definition) is 1. The first kappa shape index (κ1) is 14.8. The highest BCUT2D eigenvalue weighted by Crippen LogP contribution is 2.22. The van der Waals surface area contributed by atoms with Gasteiger partial charge in [-0.3, -0.25) is 4.79 Å². The zero-order chi connectivity index (χ0) is 14.5. The first-order valence-electron chi connectivity index (χ1n) is 6.48. The maximum Gasteiger partial charge on any atom is 0.326 e. The zero-order valence-electron chi connectivity index (χ0n) is 10.9. The minimum atomic E-state index is -0.929. The Bertz CT molecular complexity index is 492. The number of nitrogens with zero attached hydrogens (tertiary/aromatic N) is 1. The van der Waals surface area contributed by atoms with E-state index in [1.54, 1.807) is 12.1 Å². The molecule has 0 aliphatic carbocycles. The molecule has 2 rings (SSSR count). The molecular formula is C14H16FNO3S. The summed E-state index contributed by atoms with van der Waals surface area (Å²) in [6.45, 7) is 0.525. The van der Waals surface area contributed by atoms with Gasteiger partial charge in [-0.2, -0.15) is 0 Å². The number of benzene rings is 1. The van der Waals surface area contributed by atoms with Gasteiger partial charge >= 0.3 is 5.97 Å². The van der Waals surface area contributed by atoms with Crippen LogP contribution in [0, 0.1) is 5.82 Å². The van der Waals surface area contributed by atoms with Gasteiger partial charge in [-0.15, -0.1) is 11.8 Å². The van der Waals surface area contributed by atoms with Crippen molar-refractivity contribution in [2.45, 2.75) is 30.2 Å². The molecule has 1 N–H and O–H groups in total. The van der Waals surface area contributed by atoms with E-state index in [1.165, 1.54) is 28.8 Å². The zero-order valence-corrected chi connectivity index (χ0v) is 11.7. The van der Waals surface area contributed by atoms with Crippen molar-refractivity contribution in [3.63, 3.8) is 0 Å². The molecule has 4 nitrogen and oxygen atoms in total. The Kier molecular flexibility index (Phi) is 5.00. The van der Waals surface area contributed by atoms with Gasteiger partial charge in [0.05, 0.1) is 0 Å². The molecule has 0 bridgehead atoms. The van der Waals surface area contributed by atoms with Gasteiger partial charge in [-0.05, 0) is 37.1 Å². The van der Waals surface area contributed by atoms with E-state index in [1.807, 2.05) is 0 Å².